The topological polar surface area (TPSA) is 86.7 Å². The molecule has 2 atom stereocenters. The fourth-order valence-electron chi connectivity index (χ4n) is 2.80. The van der Waals surface area contributed by atoms with Crippen LogP contribution in [0.4, 0.5) is 0 Å². The maximum absolute atomic E-state index is 12.5. The zero-order chi connectivity index (χ0) is 18.6. The first-order valence-electron chi connectivity index (χ1n) is 8.12. The fourth-order valence-corrected chi connectivity index (χ4v) is 3.10. The average molecular weight is 387 g/mol. The van der Waals surface area contributed by atoms with Gasteiger partial charge in [-0.1, -0.05) is 43.0 Å². The van der Waals surface area contributed by atoms with Gasteiger partial charge in [-0.3, -0.25) is 14.4 Å². The number of rotatable bonds is 7. The predicted molar refractivity (Wildman–Crippen MR) is 94.9 cm³/mol. The third-order valence-corrected chi connectivity index (χ3v) is 4.95. The average Bonchev–Trinajstić information content (AvgIpc) is 2.87. The Bertz CT molecular complexity index is 681. The smallest absolute Gasteiger partial charge is 0.310 e. The van der Waals surface area contributed by atoms with Crippen LogP contribution in [0.3, 0.4) is 0 Å². The van der Waals surface area contributed by atoms with Crippen molar-refractivity contribution in [3.05, 3.63) is 33.8 Å². The SMILES string of the molecule is CCCCCN1CC(C(=O)O)C(NC(=O)c2ccc(Cl)c(Cl)c2)C1=O. The minimum atomic E-state index is -1.11. The van der Waals surface area contributed by atoms with Crippen molar-refractivity contribution in [2.45, 2.75) is 32.2 Å². The Morgan fingerprint density at radius 3 is 2.60 bits per heavy atom. The van der Waals surface area contributed by atoms with Gasteiger partial charge in [0.15, 0.2) is 0 Å². The van der Waals surface area contributed by atoms with Crippen LogP contribution in [0.25, 0.3) is 0 Å². The molecule has 1 fully saturated rings. The molecule has 25 heavy (non-hydrogen) atoms. The van der Waals surface area contributed by atoms with Crippen LogP contribution in [0.5, 0.6) is 0 Å². The summed E-state index contributed by atoms with van der Waals surface area (Å²) in [5, 5.41) is 12.4. The lowest BCUT2D eigenvalue weighted by Crippen LogP contribution is -2.46. The second-order valence-electron chi connectivity index (χ2n) is 6.02. The van der Waals surface area contributed by atoms with E-state index in [0.29, 0.717) is 11.6 Å². The Labute approximate surface area is 156 Å². The maximum Gasteiger partial charge on any atom is 0.310 e. The number of likely N-dealkylation sites (tertiary alicyclic amines) is 1. The van der Waals surface area contributed by atoms with Gasteiger partial charge in [0.05, 0.1) is 10.0 Å². The molecule has 0 spiro atoms. The molecule has 0 bridgehead atoms. The van der Waals surface area contributed by atoms with E-state index in [9.17, 15) is 19.5 Å². The molecule has 0 radical (unpaired) electrons. The maximum atomic E-state index is 12.5. The van der Waals surface area contributed by atoms with Crippen LogP contribution in [0.15, 0.2) is 18.2 Å². The lowest BCUT2D eigenvalue weighted by molar-refractivity contribution is -0.142. The number of aliphatic carboxylic acids is 1. The van der Waals surface area contributed by atoms with E-state index < -0.39 is 23.8 Å². The number of hydrogen-bond donors (Lipinski definition) is 2. The summed E-state index contributed by atoms with van der Waals surface area (Å²) in [4.78, 5) is 37.9. The van der Waals surface area contributed by atoms with Gasteiger partial charge in [0, 0.05) is 18.7 Å². The van der Waals surface area contributed by atoms with E-state index in [0.717, 1.165) is 19.3 Å². The first-order chi connectivity index (χ1) is 11.8. The van der Waals surface area contributed by atoms with Crippen molar-refractivity contribution in [2.75, 3.05) is 13.1 Å². The quantitative estimate of drug-likeness (QED) is 0.705. The number of nitrogens with zero attached hydrogens (tertiary/aromatic N) is 1. The van der Waals surface area contributed by atoms with Crippen molar-refractivity contribution in [1.82, 2.24) is 10.2 Å². The van der Waals surface area contributed by atoms with Crippen LogP contribution in [-0.4, -0.2) is 46.9 Å². The van der Waals surface area contributed by atoms with Crippen LogP contribution >= 0.6 is 23.2 Å². The molecule has 0 saturated carbocycles. The van der Waals surface area contributed by atoms with Crippen molar-refractivity contribution in [3.63, 3.8) is 0 Å². The monoisotopic (exact) mass is 386 g/mol. The molecular weight excluding hydrogens is 367 g/mol. The number of carbonyl (C=O) groups excluding carboxylic acids is 2. The van der Waals surface area contributed by atoms with Gasteiger partial charge in [0.1, 0.15) is 12.0 Å². The second kappa shape index (κ2) is 8.54. The van der Waals surface area contributed by atoms with Gasteiger partial charge in [0.25, 0.3) is 5.91 Å². The third-order valence-electron chi connectivity index (χ3n) is 4.21. The van der Waals surface area contributed by atoms with Crippen molar-refractivity contribution in [3.8, 4) is 0 Å². The molecule has 6 nitrogen and oxygen atoms in total. The summed E-state index contributed by atoms with van der Waals surface area (Å²) in [7, 11) is 0. The zero-order valence-corrected chi connectivity index (χ0v) is 15.3. The number of amides is 2. The van der Waals surface area contributed by atoms with Crippen LogP contribution < -0.4 is 5.32 Å². The molecule has 1 saturated heterocycles. The number of unbranched alkanes of at least 4 members (excludes halogenated alkanes) is 2. The lowest BCUT2D eigenvalue weighted by Gasteiger charge is -2.17. The van der Waals surface area contributed by atoms with Crippen LogP contribution in [0.1, 0.15) is 36.5 Å². The van der Waals surface area contributed by atoms with Gasteiger partial charge >= 0.3 is 5.97 Å². The van der Waals surface area contributed by atoms with E-state index in [1.165, 1.54) is 23.1 Å². The molecule has 0 aliphatic carbocycles. The molecule has 1 aliphatic heterocycles. The number of carboxylic acids is 1. The molecule has 2 unspecified atom stereocenters. The number of halogens is 2. The zero-order valence-electron chi connectivity index (χ0n) is 13.8. The van der Waals surface area contributed by atoms with Crippen molar-refractivity contribution >= 4 is 41.0 Å². The summed E-state index contributed by atoms with van der Waals surface area (Å²) in [6.07, 6.45) is 2.77. The number of benzene rings is 1. The molecule has 1 aromatic carbocycles. The van der Waals surface area contributed by atoms with Gasteiger partial charge in [-0.05, 0) is 24.6 Å². The molecule has 2 rings (SSSR count). The minimum Gasteiger partial charge on any atom is -0.481 e. The van der Waals surface area contributed by atoms with Gasteiger partial charge < -0.3 is 15.3 Å². The summed E-state index contributed by atoms with van der Waals surface area (Å²) in [6, 6.07) is 3.24. The highest BCUT2D eigenvalue weighted by Gasteiger charge is 2.45. The summed E-state index contributed by atoms with van der Waals surface area (Å²) >= 11 is 11.7. The third kappa shape index (κ3) is 4.64. The van der Waals surface area contributed by atoms with Gasteiger partial charge in [-0.15, -0.1) is 0 Å². The highest BCUT2D eigenvalue weighted by Crippen LogP contribution is 2.24. The Morgan fingerprint density at radius 1 is 1.28 bits per heavy atom. The van der Waals surface area contributed by atoms with E-state index in [1.54, 1.807) is 0 Å². The van der Waals surface area contributed by atoms with Gasteiger partial charge in [-0.2, -0.15) is 0 Å². The molecule has 0 aromatic heterocycles. The fraction of sp³-hybridized carbons (Fsp3) is 0.471. The van der Waals surface area contributed by atoms with Gasteiger partial charge in [-0.25, -0.2) is 0 Å². The second-order valence-corrected chi connectivity index (χ2v) is 6.83. The molecule has 1 aromatic rings. The largest absolute Gasteiger partial charge is 0.481 e. The van der Waals surface area contributed by atoms with Crippen molar-refractivity contribution in [2.24, 2.45) is 5.92 Å². The van der Waals surface area contributed by atoms with E-state index in [4.69, 9.17) is 23.2 Å². The van der Waals surface area contributed by atoms with E-state index in [2.05, 4.69) is 5.32 Å². The Hall–Kier alpha value is -1.79. The molecule has 136 valence electrons. The minimum absolute atomic E-state index is 0.101. The first kappa shape index (κ1) is 19.5. The first-order valence-corrected chi connectivity index (χ1v) is 8.88. The summed E-state index contributed by atoms with van der Waals surface area (Å²) in [5.74, 6) is -3.00. The Kier molecular flexibility index (Phi) is 6.67. The summed E-state index contributed by atoms with van der Waals surface area (Å²) < 4.78 is 0. The van der Waals surface area contributed by atoms with E-state index >= 15 is 0 Å². The number of carbonyl (C=O) groups is 3. The molecule has 2 amide bonds. The number of carboxylic acid groups (broad SMARTS) is 1. The summed E-state index contributed by atoms with van der Waals surface area (Å²) in [6.45, 7) is 2.64. The molecule has 2 N–H and O–H groups in total. The predicted octanol–water partition coefficient (Wildman–Crippen LogP) is 2.83. The van der Waals surface area contributed by atoms with Crippen molar-refractivity contribution in [1.29, 1.82) is 0 Å². The molecule has 1 aliphatic rings. The lowest BCUT2D eigenvalue weighted by atomic mass is 10.0. The van der Waals surface area contributed by atoms with Crippen LogP contribution in [0.2, 0.25) is 10.0 Å². The molecular formula is C17H20Cl2N2O4. The van der Waals surface area contributed by atoms with Gasteiger partial charge in [0.2, 0.25) is 5.91 Å². The Morgan fingerprint density at radius 2 is 2.00 bits per heavy atom. The van der Waals surface area contributed by atoms with Crippen molar-refractivity contribution < 1.29 is 19.5 Å². The summed E-state index contributed by atoms with van der Waals surface area (Å²) in [5.41, 5.74) is 0.218. The Balaban J connectivity index is 2.11. The highest BCUT2D eigenvalue weighted by molar-refractivity contribution is 6.42. The highest BCUT2D eigenvalue weighted by atomic mass is 35.5. The van der Waals surface area contributed by atoms with Crippen LogP contribution in [-0.2, 0) is 9.59 Å². The number of nitrogens with one attached hydrogen (secondary N) is 1. The van der Waals surface area contributed by atoms with E-state index in [-0.39, 0.29) is 23.0 Å². The normalized spacial score (nSPS) is 20.0. The number of hydrogen-bond acceptors (Lipinski definition) is 3. The van der Waals surface area contributed by atoms with Crippen LogP contribution in [0, 0.1) is 5.92 Å². The molecule has 8 heteroatoms. The van der Waals surface area contributed by atoms with E-state index in [1.807, 2.05) is 6.92 Å². The molecule has 1 heterocycles. The standard InChI is InChI=1S/C17H20Cl2N2O4/c1-2-3-4-7-21-9-11(17(24)25)14(16(21)23)20-15(22)10-5-6-12(18)13(19)8-10/h5-6,8,11,14H,2-4,7,9H2,1H3,(H,20,22)(H,24,25).